The van der Waals surface area contributed by atoms with Crippen molar-refractivity contribution in [2.75, 3.05) is 39.2 Å². The monoisotopic (exact) mass is 465 g/mol. The lowest BCUT2D eigenvalue weighted by molar-refractivity contribution is -0.121. The van der Waals surface area contributed by atoms with Gasteiger partial charge in [-0.15, -0.1) is 0 Å². The summed E-state index contributed by atoms with van der Waals surface area (Å²) >= 11 is 0. The normalized spacial score (nSPS) is 13.8. The molecule has 1 aliphatic heterocycles. The van der Waals surface area contributed by atoms with Crippen LogP contribution in [0.5, 0.6) is 23.1 Å². The van der Waals surface area contributed by atoms with Gasteiger partial charge in [-0.2, -0.15) is 0 Å². The van der Waals surface area contributed by atoms with Crippen LogP contribution >= 0.6 is 0 Å². The minimum absolute atomic E-state index is 0.217. The number of anilines is 1. The predicted octanol–water partition coefficient (Wildman–Crippen LogP) is 3.57. The number of methoxy groups -OCH3 is 2. The number of imide groups is 1. The Kier molecular flexibility index (Phi) is 7.38. The van der Waals surface area contributed by atoms with Gasteiger partial charge in [0.05, 0.1) is 38.2 Å². The van der Waals surface area contributed by atoms with Crippen LogP contribution in [0.3, 0.4) is 0 Å². The SMILES string of the molecule is COc1cc2nccc(Oc3ccc(NC(=O)NC(=O)CN4CCCCC4)cn3)c2cc1OC. The van der Waals surface area contributed by atoms with E-state index >= 15 is 0 Å². The van der Waals surface area contributed by atoms with Crippen LogP contribution in [0, 0.1) is 0 Å². The van der Waals surface area contributed by atoms with E-state index in [0.717, 1.165) is 31.3 Å². The van der Waals surface area contributed by atoms with Crippen molar-refractivity contribution in [1.82, 2.24) is 20.2 Å². The highest BCUT2D eigenvalue weighted by atomic mass is 16.5. The molecule has 2 N–H and O–H groups in total. The molecule has 1 aromatic carbocycles. The molecule has 0 unspecified atom stereocenters. The maximum absolute atomic E-state index is 12.1. The average Bonchev–Trinajstić information content (AvgIpc) is 2.85. The molecule has 1 saturated heterocycles. The third-order valence-corrected chi connectivity index (χ3v) is 5.48. The molecule has 0 aliphatic carbocycles. The van der Waals surface area contributed by atoms with Gasteiger partial charge in [-0.3, -0.25) is 20.0 Å². The third kappa shape index (κ3) is 5.70. The summed E-state index contributed by atoms with van der Waals surface area (Å²) in [5.41, 5.74) is 1.11. The summed E-state index contributed by atoms with van der Waals surface area (Å²) in [7, 11) is 3.12. The number of hydrogen-bond acceptors (Lipinski definition) is 8. The molecule has 10 nitrogen and oxygen atoms in total. The molecule has 0 radical (unpaired) electrons. The number of carbonyl (C=O) groups is 2. The summed E-state index contributed by atoms with van der Waals surface area (Å²) in [6.45, 7) is 1.98. The molecule has 1 fully saturated rings. The summed E-state index contributed by atoms with van der Waals surface area (Å²) in [6, 6.07) is 7.95. The van der Waals surface area contributed by atoms with E-state index in [-0.39, 0.29) is 12.5 Å². The van der Waals surface area contributed by atoms with E-state index in [1.807, 2.05) is 4.90 Å². The van der Waals surface area contributed by atoms with Gasteiger partial charge in [-0.25, -0.2) is 9.78 Å². The number of pyridine rings is 2. The largest absolute Gasteiger partial charge is 0.493 e. The van der Waals surface area contributed by atoms with Gasteiger partial charge in [-0.05, 0) is 44.1 Å². The number of likely N-dealkylation sites (tertiary alicyclic amines) is 1. The van der Waals surface area contributed by atoms with Crippen molar-refractivity contribution < 1.29 is 23.8 Å². The molecule has 2 aromatic heterocycles. The Morgan fingerprint density at radius 3 is 2.44 bits per heavy atom. The van der Waals surface area contributed by atoms with Crippen molar-refractivity contribution in [2.45, 2.75) is 19.3 Å². The Morgan fingerprint density at radius 2 is 1.74 bits per heavy atom. The van der Waals surface area contributed by atoms with Gasteiger partial charge >= 0.3 is 6.03 Å². The maximum Gasteiger partial charge on any atom is 0.325 e. The number of piperidine rings is 1. The van der Waals surface area contributed by atoms with E-state index in [4.69, 9.17) is 14.2 Å². The van der Waals surface area contributed by atoms with Crippen LogP contribution in [0.2, 0.25) is 0 Å². The van der Waals surface area contributed by atoms with Crippen molar-refractivity contribution >= 4 is 28.5 Å². The fourth-order valence-corrected chi connectivity index (χ4v) is 3.81. The second-order valence-corrected chi connectivity index (χ2v) is 7.86. The molecule has 34 heavy (non-hydrogen) atoms. The van der Waals surface area contributed by atoms with E-state index in [2.05, 4.69) is 20.6 Å². The van der Waals surface area contributed by atoms with Gasteiger partial charge in [-0.1, -0.05) is 6.42 Å². The van der Waals surface area contributed by atoms with E-state index < -0.39 is 6.03 Å². The van der Waals surface area contributed by atoms with Crippen LogP contribution in [0.1, 0.15) is 19.3 Å². The van der Waals surface area contributed by atoms with Crippen LogP contribution in [0.4, 0.5) is 10.5 Å². The number of ether oxygens (including phenoxy) is 3. The Labute approximate surface area is 197 Å². The lowest BCUT2D eigenvalue weighted by Gasteiger charge is -2.25. The van der Waals surface area contributed by atoms with Crippen LogP contribution in [-0.4, -0.2) is 60.7 Å². The van der Waals surface area contributed by atoms with Gasteiger partial charge in [0.2, 0.25) is 11.8 Å². The van der Waals surface area contributed by atoms with E-state index in [0.29, 0.717) is 34.3 Å². The fourth-order valence-electron chi connectivity index (χ4n) is 3.81. The molecule has 1 aliphatic rings. The Morgan fingerprint density at radius 1 is 0.971 bits per heavy atom. The maximum atomic E-state index is 12.1. The zero-order chi connectivity index (χ0) is 23.9. The quantitative estimate of drug-likeness (QED) is 0.544. The van der Waals surface area contributed by atoms with Gasteiger partial charge in [0.15, 0.2) is 11.5 Å². The number of carbonyl (C=O) groups excluding carboxylic acids is 2. The number of nitrogens with one attached hydrogen (secondary N) is 2. The first kappa shape index (κ1) is 23.2. The standard InChI is InChI=1S/C24H27N5O5/c1-32-20-12-17-18(13-21(20)33-2)25-9-8-19(17)34-23-7-6-16(14-26-23)27-24(31)28-22(30)15-29-10-4-3-5-11-29/h6-9,12-14H,3-5,10-11,15H2,1-2H3,(H2,27,28,30,31). The summed E-state index contributed by atoms with van der Waals surface area (Å²) in [6.07, 6.45) is 6.43. The number of hydrogen-bond donors (Lipinski definition) is 2. The molecule has 4 rings (SSSR count). The molecular formula is C24H27N5O5. The van der Waals surface area contributed by atoms with Gasteiger partial charge in [0.1, 0.15) is 5.75 Å². The molecule has 0 bridgehead atoms. The van der Waals surface area contributed by atoms with Crippen molar-refractivity contribution in [3.63, 3.8) is 0 Å². The first-order chi connectivity index (χ1) is 16.6. The van der Waals surface area contributed by atoms with Crippen LogP contribution in [-0.2, 0) is 4.79 Å². The summed E-state index contributed by atoms with van der Waals surface area (Å²) in [5, 5.41) is 5.69. The Bertz CT molecular complexity index is 1160. The number of benzene rings is 1. The van der Waals surface area contributed by atoms with E-state index in [1.54, 1.807) is 50.7 Å². The zero-order valence-corrected chi connectivity index (χ0v) is 19.2. The Hall–Kier alpha value is -3.92. The number of fused-ring (bicyclic) bond motifs is 1. The topological polar surface area (TPSA) is 115 Å². The molecule has 178 valence electrons. The summed E-state index contributed by atoms with van der Waals surface area (Å²) < 4.78 is 16.6. The minimum Gasteiger partial charge on any atom is -0.493 e. The van der Waals surface area contributed by atoms with Crippen molar-refractivity contribution in [2.24, 2.45) is 0 Å². The number of urea groups is 1. The number of nitrogens with zero attached hydrogens (tertiary/aromatic N) is 3. The smallest absolute Gasteiger partial charge is 0.325 e. The first-order valence-electron chi connectivity index (χ1n) is 11.0. The average molecular weight is 466 g/mol. The second kappa shape index (κ2) is 10.8. The Balaban J connectivity index is 1.37. The molecule has 3 aromatic rings. The molecule has 0 atom stereocenters. The van der Waals surface area contributed by atoms with Crippen molar-refractivity contribution in [1.29, 1.82) is 0 Å². The van der Waals surface area contributed by atoms with Crippen molar-refractivity contribution in [3.8, 4) is 23.1 Å². The van der Waals surface area contributed by atoms with Crippen LogP contribution in [0.25, 0.3) is 10.9 Å². The summed E-state index contributed by atoms with van der Waals surface area (Å²) in [5.74, 6) is 1.67. The number of rotatable bonds is 7. The van der Waals surface area contributed by atoms with Crippen LogP contribution in [0.15, 0.2) is 42.7 Å². The highest BCUT2D eigenvalue weighted by Crippen LogP contribution is 2.36. The lowest BCUT2D eigenvalue weighted by atomic mass is 10.1. The van der Waals surface area contributed by atoms with Gasteiger partial charge in [0.25, 0.3) is 0 Å². The highest BCUT2D eigenvalue weighted by Gasteiger charge is 2.16. The minimum atomic E-state index is -0.598. The lowest BCUT2D eigenvalue weighted by Crippen LogP contribution is -2.43. The van der Waals surface area contributed by atoms with E-state index in [9.17, 15) is 9.59 Å². The fraction of sp³-hybridized carbons (Fsp3) is 0.333. The first-order valence-corrected chi connectivity index (χ1v) is 11.0. The van der Waals surface area contributed by atoms with Gasteiger partial charge < -0.3 is 19.5 Å². The van der Waals surface area contributed by atoms with Crippen LogP contribution < -0.4 is 24.8 Å². The van der Waals surface area contributed by atoms with Crippen molar-refractivity contribution in [3.05, 3.63) is 42.7 Å². The second-order valence-electron chi connectivity index (χ2n) is 7.86. The van der Waals surface area contributed by atoms with Gasteiger partial charge in [0, 0.05) is 23.7 Å². The molecule has 10 heteroatoms. The molecular weight excluding hydrogens is 438 g/mol. The summed E-state index contributed by atoms with van der Waals surface area (Å²) in [4.78, 5) is 34.9. The number of aromatic nitrogens is 2. The molecule has 3 heterocycles. The number of amides is 3. The highest BCUT2D eigenvalue weighted by molar-refractivity contribution is 6.01. The third-order valence-electron chi connectivity index (χ3n) is 5.48. The molecule has 3 amide bonds. The van der Waals surface area contributed by atoms with E-state index in [1.165, 1.54) is 12.6 Å². The molecule has 0 saturated carbocycles. The zero-order valence-electron chi connectivity index (χ0n) is 19.2. The predicted molar refractivity (Wildman–Crippen MR) is 127 cm³/mol. The molecule has 0 spiro atoms.